The number of nitrogens with one attached hydrogen (secondary N) is 1. The predicted molar refractivity (Wildman–Crippen MR) is 154 cm³/mol. The number of amides is 2. The third-order valence-corrected chi connectivity index (χ3v) is 8.05. The Bertz CT molecular complexity index is 1450. The SMILES string of the molecule is COc1ccc(S(=O)(=O)N(CC(=O)N/N=C/c2ccc(OCC(=O)N3CCOCC3)cc2)c2ccc(C)cc2)cc1. The number of ether oxygens (including phenoxy) is 3. The summed E-state index contributed by atoms with van der Waals surface area (Å²) in [7, 11) is -2.58. The van der Waals surface area contributed by atoms with E-state index in [4.69, 9.17) is 14.2 Å². The number of rotatable bonds is 11. The molecule has 41 heavy (non-hydrogen) atoms. The van der Waals surface area contributed by atoms with Crippen molar-refractivity contribution in [3.63, 3.8) is 0 Å². The standard InChI is InChI=1S/C29H32N4O7S/c1-22-3-7-24(8-4-22)33(41(36,37)27-13-11-25(38-2)12-14-27)20-28(34)31-30-19-23-5-9-26(10-6-23)40-21-29(35)32-15-17-39-18-16-32/h3-14,19H,15-18,20-21H2,1-2H3,(H,31,34)/b30-19+. The van der Waals surface area contributed by atoms with E-state index in [1.165, 1.54) is 25.5 Å². The van der Waals surface area contributed by atoms with Crippen LogP contribution in [0.2, 0.25) is 0 Å². The zero-order chi connectivity index (χ0) is 29.2. The van der Waals surface area contributed by atoms with Crippen LogP contribution in [0.5, 0.6) is 11.5 Å². The molecule has 1 aliphatic heterocycles. The van der Waals surface area contributed by atoms with Gasteiger partial charge in [0.15, 0.2) is 6.61 Å². The Labute approximate surface area is 239 Å². The van der Waals surface area contributed by atoms with Crippen molar-refractivity contribution in [2.45, 2.75) is 11.8 Å². The number of carbonyl (C=O) groups is 2. The maximum atomic E-state index is 13.5. The van der Waals surface area contributed by atoms with Crippen LogP contribution in [0.1, 0.15) is 11.1 Å². The number of sulfonamides is 1. The first-order chi connectivity index (χ1) is 19.8. The van der Waals surface area contributed by atoms with Crippen LogP contribution in [0.25, 0.3) is 0 Å². The molecule has 0 bridgehead atoms. The Morgan fingerprint density at radius 2 is 1.61 bits per heavy atom. The van der Waals surface area contributed by atoms with E-state index in [9.17, 15) is 18.0 Å². The summed E-state index contributed by atoms with van der Waals surface area (Å²) in [6, 6.07) is 19.6. The average Bonchev–Trinajstić information content (AvgIpc) is 3.00. The van der Waals surface area contributed by atoms with Crippen molar-refractivity contribution in [1.29, 1.82) is 0 Å². The molecule has 2 amide bonds. The summed E-state index contributed by atoms with van der Waals surface area (Å²) in [6.07, 6.45) is 1.43. The highest BCUT2D eigenvalue weighted by molar-refractivity contribution is 7.92. The van der Waals surface area contributed by atoms with Crippen molar-refractivity contribution in [3.05, 3.63) is 83.9 Å². The number of methoxy groups -OCH3 is 1. The van der Waals surface area contributed by atoms with Gasteiger partial charge in [-0.3, -0.25) is 13.9 Å². The summed E-state index contributed by atoms with van der Waals surface area (Å²) in [5.74, 6) is 0.306. The van der Waals surface area contributed by atoms with Crippen molar-refractivity contribution in [1.82, 2.24) is 10.3 Å². The summed E-state index contributed by atoms with van der Waals surface area (Å²) in [6.45, 7) is 3.49. The molecule has 0 aromatic heterocycles. The van der Waals surface area contributed by atoms with Crippen molar-refractivity contribution in [2.24, 2.45) is 5.10 Å². The molecule has 0 saturated carbocycles. The zero-order valence-corrected chi connectivity index (χ0v) is 23.7. The molecule has 12 heteroatoms. The highest BCUT2D eigenvalue weighted by Gasteiger charge is 2.27. The van der Waals surface area contributed by atoms with E-state index in [0.717, 1.165) is 9.87 Å². The Balaban J connectivity index is 1.37. The molecule has 1 saturated heterocycles. The van der Waals surface area contributed by atoms with Gasteiger partial charge in [0.25, 0.3) is 21.8 Å². The normalized spacial score (nSPS) is 13.6. The zero-order valence-electron chi connectivity index (χ0n) is 22.9. The Hall–Kier alpha value is -4.42. The van der Waals surface area contributed by atoms with Gasteiger partial charge in [0.2, 0.25) is 0 Å². The fraction of sp³-hybridized carbons (Fsp3) is 0.276. The van der Waals surface area contributed by atoms with Crippen LogP contribution < -0.4 is 19.2 Å². The molecule has 11 nitrogen and oxygen atoms in total. The minimum Gasteiger partial charge on any atom is -0.497 e. The molecule has 3 aromatic carbocycles. The molecule has 4 rings (SSSR count). The van der Waals surface area contributed by atoms with E-state index in [1.807, 2.05) is 6.92 Å². The van der Waals surface area contributed by atoms with Crippen LogP contribution in [-0.4, -0.2) is 77.9 Å². The van der Waals surface area contributed by atoms with Gasteiger partial charge in [0.05, 0.1) is 37.1 Å². The molecule has 216 valence electrons. The second kappa shape index (κ2) is 13.8. The molecule has 1 heterocycles. The molecule has 0 unspecified atom stereocenters. The summed E-state index contributed by atoms with van der Waals surface area (Å²) < 4.78 is 44.0. The van der Waals surface area contributed by atoms with Gasteiger partial charge < -0.3 is 19.1 Å². The number of hydrazone groups is 1. The van der Waals surface area contributed by atoms with Gasteiger partial charge in [-0.25, -0.2) is 13.8 Å². The maximum absolute atomic E-state index is 13.5. The van der Waals surface area contributed by atoms with Crippen molar-refractivity contribution in [2.75, 3.05) is 50.9 Å². The Morgan fingerprint density at radius 3 is 2.24 bits per heavy atom. The summed E-state index contributed by atoms with van der Waals surface area (Å²) in [4.78, 5) is 26.7. The second-order valence-electron chi connectivity index (χ2n) is 9.17. The van der Waals surface area contributed by atoms with Crippen LogP contribution in [-0.2, 0) is 24.3 Å². The lowest BCUT2D eigenvalue weighted by Crippen LogP contribution is -2.42. The lowest BCUT2D eigenvalue weighted by Gasteiger charge is -2.26. The number of aryl methyl sites for hydroxylation is 1. The topological polar surface area (TPSA) is 127 Å². The van der Waals surface area contributed by atoms with E-state index in [-0.39, 0.29) is 17.4 Å². The summed E-state index contributed by atoms with van der Waals surface area (Å²) in [5, 5.41) is 3.97. The molecule has 1 fully saturated rings. The van der Waals surface area contributed by atoms with Crippen LogP contribution in [0.15, 0.2) is 82.8 Å². The number of hydrogen-bond acceptors (Lipinski definition) is 8. The fourth-order valence-corrected chi connectivity index (χ4v) is 5.37. The van der Waals surface area contributed by atoms with E-state index in [2.05, 4.69) is 10.5 Å². The van der Waals surface area contributed by atoms with Crippen molar-refractivity contribution in [3.8, 4) is 11.5 Å². The number of nitrogens with zero attached hydrogens (tertiary/aromatic N) is 3. The van der Waals surface area contributed by atoms with Crippen LogP contribution >= 0.6 is 0 Å². The lowest BCUT2D eigenvalue weighted by atomic mass is 10.2. The highest BCUT2D eigenvalue weighted by atomic mass is 32.2. The minimum atomic E-state index is -4.07. The highest BCUT2D eigenvalue weighted by Crippen LogP contribution is 2.25. The fourth-order valence-electron chi connectivity index (χ4n) is 3.94. The number of benzene rings is 3. The lowest BCUT2D eigenvalue weighted by molar-refractivity contribution is -0.137. The van der Waals surface area contributed by atoms with Gasteiger partial charge >= 0.3 is 0 Å². The van der Waals surface area contributed by atoms with E-state index in [1.54, 1.807) is 65.6 Å². The third kappa shape index (κ3) is 8.05. The molecule has 1 aliphatic rings. The molecule has 1 N–H and O–H groups in total. The van der Waals surface area contributed by atoms with Crippen molar-refractivity contribution < 1.29 is 32.2 Å². The number of carbonyl (C=O) groups excluding carboxylic acids is 2. The van der Waals surface area contributed by atoms with E-state index >= 15 is 0 Å². The number of morpholine rings is 1. The average molecular weight is 581 g/mol. The third-order valence-electron chi connectivity index (χ3n) is 6.27. The molecular weight excluding hydrogens is 548 g/mol. The Morgan fingerprint density at radius 1 is 0.976 bits per heavy atom. The quantitative estimate of drug-likeness (QED) is 0.273. The first-order valence-electron chi connectivity index (χ1n) is 12.9. The largest absolute Gasteiger partial charge is 0.497 e. The van der Waals surface area contributed by atoms with Gasteiger partial charge in [0, 0.05) is 13.1 Å². The predicted octanol–water partition coefficient (Wildman–Crippen LogP) is 2.59. The van der Waals surface area contributed by atoms with Crippen LogP contribution in [0.3, 0.4) is 0 Å². The Kier molecular flexibility index (Phi) is 9.93. The van der Waals surface area contributed by atoms with Crippen LogP contribution in [0, 0.1) is 6.92 Å². The smallest absolute Gasteiger partial charge is 0.264 e. The molecule has 0 radical (unpaired) electrons. The minimum absolute atomic E-state index is 0.0177. The van der Waals surface area contributed by atoms with Crippen molar-refractivity contribution >= 4 is 33.7 Å². The monoisotopic (exact) mass is 580 g/mol. The van der Waals surface area contributed by atoms with Gasteiger partial charge in [-0.2, -0.15) is 5.10 Å². The van der Waals surface area contributed by atoms with E-state index in [0.29, 0.717) is 49.1 Å². The number of anilines is 1. The number of hydrogen-bond donors (Lipinski definition) is 1. The van der Waals surface area contributed by atoms with Gasteiger partial charge in [0.1, 0.15) is 18.0 Å². The van der Waals surface area contributed by atoms with Gasteiger partial charge in [-0.15, -0.1) is 0 Å². The van der Waals surface area contributed by atoms with Gasteiger partial charge in [-0.05, 0) is 73.2 Å². The molecule has 0 aliphatic carbocycles. The summed E-state index contributed by atoms with van der Waals surface area (Å²) in [5.41, 5.74) is 4.34. The van der Waals surface area contributed by atoms with Crippen LogP contribution in [0.4, 0.5) is 5.69 Å². The maximum Gasteiger partial charge on any atom is 0.264 e. The first-order valence-corrected chi connectivity index (χ1v) is 14.3. The molecular formula is C29H32N4O7S. The first kappa shape index (κ1) is 29.6. The molecule has 0 spiro atoms. The molecule has 3 aromatic rings. The second-order valence-corrected chi connectivity index (χ2v) is 11.0. The summed E-state index contributed by atoms with van der Waals surface area (Å²) >= 11 is 0. The van der Waals surface area contributed by atoms with Gasteiger partial charge in [-0.1, -0.05) is 17.7 Å². The molecule has 0 atom stereocenters. The van der Waals surface area contributed by atoms with E-state index < -0.39 is 22.5 Å².